The smallest absolute Gasteiger partial charge is 0.265 e. The van der Waals surface area contributed by atoms with Gasteiger partial charge in [-0.05, 0) is 37.6 Å². The fourth-order valence-corrected chi connectivity index (χ4v) is 3.28. The van der Waals surface area contributed by atoms with Gasteiger partial charge in [-0.25, -0.2) is 0 Å². The average molecular weight is 420 g/mol. The molecule has 0 saturated carbocycles. The topological polar surface area (TPSA) is 127 Å². The monoisotopic (exact) mass is 420 g/mol. The number of rotatable bonds is 8. The number of carbonyl (C=O) groups is 2. The number of nitrogens with zero attached hydrogens (tertiary/aromatic N) is 2. The summed E-state index contributed by atoms with van der Waals surface area (Å²) in [5.41, 5.74) is 6.33. The third-order valence-corrected chi connectivity index (χ3v) is 4.80. The van der Waals surface area contributed by atoms with Gasteiger partial charge < -0.3 is 20.6 Å². The van der Waals surface area contributed by atoms with Crippen LogP contribution < -0.4 is 15.8 Å². The predicted octanol–water partition coefficient (Wildman–Crippen LogP) is 2.32. The molecule has 0 spiro atoms. The number of carbonyl (C=O) groups excluding carboxylic acids is 2. The Bertz CT molecular complexity index is 1040. The van der Waals surface area contributed by atoms with Gasteiger partial charge in [-0.15, -0.1) is 0 Å². The van der Waals surface area contributed by atoms with Crippen LogP contribution in [0, 0.1) is 11.3 Å². The maximum Gasteiger partial charge on any atom is 0.265 e. The number of amides is 2. The van der Waals surface area contributed by atoms with Gasteiger partial charge in [0.05, 0.1) is 23.9 Å². The van der Waals surface area contributed by atoms with E-state index in [2.05, 4.69) is 10.5 Å². The average Bonchev–Trinajstić information content (AvgIpc) is 3.17. The van der Waals surface area contributed by atoms with Gasteiger partial charge in [0.15, 0.2) is 0 Å². The number of nitrogens with two attached hydrogens (primary N) is 1. The third kappa shape index (κ3) is 5.20. The molecule has 0 bridgehead atoms. The lowest BCUT2D eigenvalue weighted by Crippen LogP contribution is -2.46. The van der Waals surface area contributed by atoms with Gasteiger partial charge in [-0.2, -0.15) is 5.26 Å². The van der Waals surface area contributed by atoms with Crippen molar-refractivity contribution in [2.45, 2.75) is 38.4 Å². The van der Waals surface area contributed by atoms with Crippen LogP contribution in [0.1, 0.15) is 41.8 Å². The zero-order chi connectivity index (χ0) is 22.4. The van der Waals surface area contributed by atoms with Crippen molar-refractivity contribution in [1.82, 2.24) is 5.32 Å². The van der Waals surface area contributed by atoms with E-state index in [4.69, 9.17) is 15.3 Å². The van der Waals surface area contributed by atoms with E-state index in [0.717, 1.165) is 5.56 Å². The van der Waals surface area contributed by atoms with E-state index in [0.29, 0.717) is 17.0 Å². The van der Waals surface area contributed by atoms with Crippen molar-refractivity contribution < 1.29 is 19.2 Å². The summed E-state index contributed by atoms with van der Waals surface area (Å²) in [6.45, 7) is 3.81. The molecule has 3 N–H and O–H groups in total. The summed E-state index contributed by atoms with van der Waals surface area (Å²) < 4.78 is 5.57. The Morgan fingerprint density at radius 3 is 2.68 bits per heavy atom. The second-order valence-corrected chi connectivity index (χ2v) is 7.62. The fourth-order valence-electron chi connectivity index (χ4n) is 3.28. The van der Waals surface area contributed by atoms with Crippen LogP contribution in [0.2, 0.25) is 0 Å². The Morgan fingerprint density at radius 1 is 1.29 bits per heavy atom. The van der Waals surface area contributed by atoms with Crippen LogP contribution >= 0.6 is 0 Å². The number of hydrogen-bond donors (Lipinski definition) is 2. The first kappa shape index (κ1) is 21.8. The second-order valence-electron chi connectivity index (χ2n) is 7.62. The van der Waals surface area contributed by atoms with Crippen molar-refractivity contribution >= 4 is 17.5 Å². The molecule has 0 radical (unpaired) electrons. The number of primary amides is 1. The number of ether oxygens (including phenoxy) is 1. The largest absolute Gasteiger partial charge is 0.490 e. The molecule has 0 fully saturated rings. The van der Waals surface area contributed by atoms with Crippen LogP contribution in [0.15, 0.2) is 53.7 Å². The SMILES string of the molecule is CC(C)Oc1ccc(C(=O)NCC2=NOC(Cc3ccccc3)(C(N)=O)C2)cc1C#N. The first-order chi connectivity index (χ1) is 14.8. The molecule has 0 aliphatic carbocycles. The molecule has 1 heterocycles. The van der Waals surface area contributed by atoms with Crippen molar-refractivity contribution in [1.29, 1.82) is 5.26 Å². The quantitative estimate of drug-likeness (QED) is 0.678. The zero-order valence-corrected chi connectivity index (χ0v) is 17.4. The third-order valence-electron chi connectivity index (χ3n) is 4.80. The van der Waals surface area contributed by atoms with Crippen LogP contribution in [-0.2, 0) is 16.1 Å². The zero-order valence-electron chi connectivity index (χ0n) is 17.4. The normalized spacial score (nSPS) is 17.4. The van der Waals surface area contributed by atoms with E-state index in [1.165, 1.54) is 6.07 Å². The van der Waals surface area contributed by atoms with E-state index in [1.54, 1.807) is 12.1 Å². The summed E-state index contributed by atoms with van der Waals surface area (Å²) >= 11 is 0. The van der Waals surface area contributed by atoms with Crippen molar-refractivity contribution in [3.8, 4) is 11.8 Å². The van der Waals surface area contributed by atoms with Gasteiger partial charge in [-0.3, -0.25) is 9.59 Å². The van der Waals surface area contributed by atoms with Crippen molar-refractivity contribution in [2.75, 3.05) is 6.54 Å². The van der Waals surface area contributed by atoms with Gasteiger partial charge in [0.2, 0.25) is 5.60 Å². The van der Waals surface area contributed by atoms with Gasteiger partial charge in [-0.1, -0.05) is 35.5 Å². The van der Waals surface area contributed by atoms with Crippen LogP contribution in [-0.4, -0.2) is 35.8 Å². The molecule has 1 aliphatic heterocycles. The first-order valence-electron chi connectivity index (χ1n) is 9.90. The molecule has 1 atom stereocenters. The maximum absolute atomic E-state index is 12.5. The molecule has 8 heteroatoms. The fraction of sp³-hybridized carbons (Fsp3) is 0.304. The van der Waals surface area contributed by atoms with Crippen LogP contribution in [0.25, 0.3) is 0 Å². The molecule has 1 aliphatic rings. The Morgan fingerprint density at radius 2 is 2.03 bits per heavy atom. The maximum atomic E-state index is 12.5. The number of oxime groups is 1. The Hall–Kier alpha value is -3.86. The van der Waals surface area contributed by atoms with Gasteiger partial charge in [0.1, 0.15) is 11.8 Å². The molecular formula is C23H24N4O4. The molecule has 8 nitrogen and oxygen atoms in total. The Kier molecular flexibility index (Phi) is 6.55. The predicted molar refractivity (Wildman–Crippen MR) is 114 cm³/mol. The highest BCUT2D eigenvalue weighted by Gasteiger charge is 2.45. The Labute approximate surface area is 180 Å². The number of nitriles is 1. The first-order valence-corrected chi connectivity index (χ1v) is 9.90. The highest BCUT2D eigenvalue weighted by molar-refractivity contribution is 6.00. The lowest BCUT2D eigenvalue weighted by Gasteiger charge is -2.22. The highest BCUT2D eigenvalue weighted by Crippen LogP contribution is 2.28. The molecular weight excluding hydrogens is 396 g/mol. The summed E-state index contributed by atoms with van der Waals surface area (Å²) in [6.07, 6.45) is 0.378. The van der Waals surface area contributed by atoms with Crippen LogP contribution in [0.5, 0.6) is 5.75 Å². The van der Waals surface area contributed by atoms with E-state index in [9.17, 15) is 14.9 Å². The molecule has 0 saturated heterocycles. The lowest BCUT2D eigenvalue weighted by molar-refractivity contribution is -0.140. The lowest BCUT2D eigenvalue weighted by atomic mass is 9.89. The molecule has 1 unspecified atom stereocenters. The second kappa shape index (κ2) is 9.30. The van der Waals surface area contributed by atoms with Gasteiger partial charge in [0.25, 0.3) is 11.8 Å². The summed E-state index contributed by atoms with van der Waals surface area (Å²) in [5.74, 6) is -0.564. The van der Waals surface area contributed by atoms with E-state index in [1.807, 2.05) is 50.2 Å². The summed E-state index contributed by atoms with van der Waals surface area (Å²) in [6, 6.07) is 16.1. The minimum atomic E-state index is -1.27. The summed E-state index contributed by atoms with van der Waals surface area (Å²) in [4.78, 5) is 30.1. The Balaban J connectivity index is 1.63. The van der Waals surface area contributed by atoms with E-state index < -0.39 is 11.5 Å². The summed E-state index contributed by atoms with van der Waals surface area (Å²) in [5, 5.41) is 16.1. The number of nitrogens with one attached hydrogen (secondary N) is 1. The van der Waals surface area contributed by atoms with Gasteiger partial charge in [0, 0.05) is 18.4 Å². The molecule has 2 aromatic rings. The minimum Gasteiger partial charge on any atom is -0.490 e. The standard InChI is InChI=1S/C23H24N4O4/c1-15(2)30-20-9-8-17(10-18(20)13-24)21(28)26-14-19-12-23(22(25)29,31-27-19)11-16-6-4-3-5-7-16/h3-10,15H,11-12,14H2,1-2H3,(H2,25,29)(H,26,28). The van der Waals surface area contributed by atoms with Crippen molar-refractivity contribution in [3.63, 3.8) is 0 Å². The number of benzene rings is 2. The minimum absolute atomic E-state index is 0.0893. The van der Waals surface area contributed by atoms with E-state index >= 15 is 0 Å². The molecule has 31 heavy (non-hydrogen) atoms. The van der Waals surface area contributed by atoms with Crippen LogP contribution in [0.4, 0.5) is 0 Å². The van der Waals surface area contributed by atoms with E-state index in [-0.39, 0.29) is 37.0 Å². The van der Waals surface area contributed by atoms with Gasteiger partial charge >= 0.3 is 0 Å². The molecule has 160 valence electrons. The van der Waals surface area contributed by atoms with Crippen molar-refractivity contribution in [2.24, 2.45) is 10.9 Å². The molecule has 2 amide bonds. The van der Waals surface area contributed by atoms with Crippen molar-refractivity contribution in [3.05, 3.63) is 65.2 Å². The molecule has 2 aromatic carbocycles. The van der Waals surface area contributed by atoms with Crippen LogP contribution in [0.3, 0.4) is 0 Å². The summed E-state index contributed by atoms with van der Waals surface area (Å²) in [7, 11) is 0. The highest BCUT2D eigenvalue weighted by atomic mass is 16.7. The molecule has 3 rings (SSSR count). The molecule has 0 aromatic heterocycles. The number of hydrogen-bond acceptors (Lipinski definition) is 6.